The molecule has 0 saturated heterocycles. The molecule has 0 fully saturated rings. The minimum atomic E-state index is -4.18. The molecule has 0 spiro atoms. The topological polar surface area (TPSA) is 76.9 Å². The van der Waals surface area contributed by atoms with Crippen molar-refractivity contribution in [2.45, 2.75) is 18.4 Å². The second-order valence-electron chi connectivity index (χ2n) is 5.63. The van der Waals surface area contributed by atoms with E-state index >= 15 is 0 Å². The van der Waals surface area contributed by atoms with Gasteiger partial charge < -0.3 is 5.32 Å². The highest BCUT2D eigenvalue weighted by atomic mass is 32.2. The summed E-state index contributed by atoms with van der Waals surface area (Å²) in [5.74, 6) is -1.78. The zero-order valence-corrected chi connectivity index (χ0v) is 14.9. The van der Waals surface area contributed by atoms with Crippen LogP contribution in [0.5, 0.6) is 0 Å². The van der Waals surface area contributed by atoms with Gasteiger partial charge >= 0.3 is 0 Å². The van der Waals surface area contributed by atoms with E-state index in [9.17, 15) is 17.2 Å². The maximum absolute atomic E-state index is 14.9. The van der Waals surface area contributed by atoms with E-state index in [1.54, 1.807) is 14.0 Å². The number of nitrogens with zero attached hydrogens (tertiary/aromatic N) is 3. The molecule has 0 aliphatic heterocycles. The Labute approximate surface area is 149 Å². The Bertz CT molecular complexity index is 1050. The van der Waals surface area contributed by atoms with Gasteiger partial charge in [-0.1, -0.05) is 0 Å². The smallest absolute Gasteiger partial charge is 0.269 e. The Morgan fingerprint density at radius 3 is 2.58 bits per heavy atom. The lowest BCUT2D eigenvalue weighted by Gasteiger charge is -2.11. The Balaban J connectivity index is 2.28. The van der Waals surface area contributed by atoms with Gasteiger partial charge in [-0.2, -0.15) is 4.39 Å². The van der Waals surface area contributed by atoms with Crippen LogP contribution in [-0.4, -0.2) is 29.4 Å². The van der Waals surface area contributed by atoms with Gasteiger partial charge in [0.2, 0.25) is 5.95 Å². The molecule has 1 N–H and O–H groups in total. The molecule has 0 radical (unpaired) electrons. The summed E-state index contributed by atoms with van der Waals surface area (Å²) in [4.78, 5) is 7.34. The Morgan fingerprint density at radius 1 is 1.19 bits per heavy atom. The summed E-state index contributed by atoms with van der Waals surface area (Å²) in [5, 5.41) is 2.76. The van der Waals surface area contributed by atoms with Crippen LogP contribution >= 0.6 is 0 Å². The molecular formula is C17H16F2N4O2S. The van der Waals surface area contributed by atoms with E-state index in [2.05, 4.69) is 15.3 Å². The van der Waals surface area contributed by atoms with E-state index in [0.29, 0.717) is 5.69 Å². The fraction of sp³-hybridized carbons (Fsp3) is 0.176. The lowest BCUT2D eigenvalue weighted by atomic mass is 10.2. The number of hydrogen-bond acceptors (Lipinski definition) is 5. The summed E-state index contributed by atoms with van der Waals surface area (Å²) in [6.45, 7) is 1.79. The summed E-state index contributed by atoms with van der Waals surface area (Å²) in [6, 6.07) is 5.60. The molecule has 3 rings (SSSR count). The number of nitrogens with one attached hydrogen (secondary N) is 1. The molecule has 3 heterocycles. The zero-order chi connectivity index (χ0) is 18.9. The van der Waals surface area contributed by atoms with Crippen LogP contribution in [0.25, 0.3) is 11.3 Å². The molecular weight excluding hydrogens is 362 g/mol. The molecule has 3 aromatic heterocycles. The van der Waals surface area contributed by atoms with Crippen LogP contribution in [-0.2, 0) is 16.6 Å². The maximum atomic E-state index is 14.9. The first kappa shape index (κ1) is 18.2. The standard InChI is InChI=1S/C17H16F2N4O2S/c1-11-5-6-13(9-22-11)26(24,25)23-10-12(8-20-2)15(18)16(23)14-4-3-7-21-17(14)19/h3-7,9-10,20H,8H2,1-2H3. The molecule has 0 amide bonds. The van der Waals surface area contributed by atoms with Crippen LogP contribution in [0.3, 0.4) is 0 Å². The first-order valence-corrected chi connectivity index (χ1v) is 9.13. The third-order valence-corrected chi connectivity index (χ3v) is 5.45. The van der Waals surface area contributed by atoms with Gasteiger partial charge in [0, 0.05) is 36.4 Å². The highest BCUT2D eigenvalue weighted by Crippen LogP contribution is 2.31. The van der Waals surface area contributed by atoms with Crippen molar-refractivity contribution in [3.05, 3.63) is 65.9 Å². The molecule has 9 heteroatoms. The van der Waals surface area contributed by atoms with Gasteiger partial charge in [0.05, 0.1) is 5.56 Å². The van der Waals surface area contributed by atoms with Gasteiger partial charge in [-0.25, -0.2) is 21.8 Å². The highest BCUT2D eigenvalue weighted by Gasteiger charge is 2.28. The van der Waals surface area contributed by atoms with Crippen molar-refractivity contribution in [2.24, 2.45) is 0 Å². The summed E-state index contributed by atoms with van der Waals surface area (Å²) < 4.78 is 55.8. The van der Waals surface area contributed by atoms with E-state index in [1.165, 1.54) is 36.7 Å². The maximum Gasteiger partial charge on any atom is 0.269 e. The van der Waals surface area contributed by atoms with Crippen molar-refractivity contribution in [2.75, 3.05) is 7.05 Å². The van der Waals surface area contributed by atoms with E-state index in [1.807, 2.05) is 0 Å². The lowest BCUT2D eigenvalue weighted by molar-refractivity contribution is 0.574. The number of aromatic nitrogens is 3. The number of hydrogen-bond donors (Lipinski definition) is 1. The summed E-state index contributed by atoms with van der Waals surface area (Å²) in [6.07, 6.45) is 3.53. The van der Waals surface area contributed by atoms with E-state index < -0.39 is 27.5 Å². The Hall–Kier alpha value is -2.65. The average Bonchev–Trinajstić information content (AvgIpc) is 2.94. The van der Waals surface area contributed by atoms with Crippen molar-refractivity contribution in [3.8, 4) is 11.3 Å². The highest BCUT2D eigenvalue weighted by molar-refractivity contribution is 7.90. The van der Waals surface area contributed by atoms with Gasteiger partial charge in [-0.3, -0.25) is 4.98 Å². The lowest BCUT2D eigenvalue weighted by Crippen LogP contribution is -2.14. The SMILES string of the molecule is CNCc1cn(S(=O)(=O)c2ccc(C)nc2)c(-c2cccnc2F)c1F. The van der Waals surface area contributed by atoms with Crippen molar-refractivity contribution in [1.82, 2.24) is 19.3 Å². The third-order valence-electron chi connectivity index (χ3n) is 3.81. The van der Waals surface area contributed by atoms with Crippen LogP contribution in [0.4, 0.5) is 8.78 Å². The molecule has 0 aromatic carbocycles. The van der Waals surface area contributed by atoms with Gasteiger partial charge in [0.1, 0.15) is 10.6 Å². The molecule has 0 bridgehead atoms. The molecule has 0 aliphatic carbocycles. The number of pyridine rings is 2. The van der Waals surface area contributed by atoms with E-state index in [-0.39, 0.29) is 22.6 Å². The second-order valence-corrected chi connectivity index (χ2v) is 7.44. The van der Waals surface area contributed by atoms with Gasteiger partial charge in [-0.15, -0.1) is 0 Å². The van der Waals surface area contributed by atoms with E-state index in [0.717, 1.165) is 10.2 Å². The predicted molar refractivity (Wildman–Crippen MR) is 91.9 cm³/mol. The van der Waals surface area contributed by atoms with Crippen molar-refractivity contribution in [1.29, 1.82) is 0 Å². The first-order chi connectivity index (χ1) is 12.4. The van der Waals surface area contributed by atoms with Crippen LogP contribution in [0, 0.1) is 18.7 Å². The molecule has 0 atom stereocenters. The normalized spacial score (nSPS) is 11.7. The van der Waals surface area contributed by atoms with Crippen LogP contribution < -0.4 is 5.32 Å². The monoisotopic (exact) mass is 378 g/mol. The molecule has 136 valence electrons. The number of aryl methyl sites for hydroxylation is 1. The summed E-state index contributed by atoms with van der Waals surface area (Å²) in [5.41, 5.74) is 0.0869. The van der Waals surface area contributed by atoms with Gasteiger partial charge in [0.25, 0.3) is 10.0 Å². The molecule has 0 aliphatic rings. The quantitative estimate of drug-likeness (QED) is 0.691. The zero-order valence-electron chi connectivity index (χ0n) is 14.1. The molecule has 0 saturated carbocycles. The van der Waals surface area contributed by atoms with Gasteiger partial charge in [0.15, 0.2) is 5.82 Å². The largest absolute Gasteiger partial charge is 0.316 e. The summed E-state index contributed by atoms with van der Waals surface area (Å²) in [7, 11) is -2.58. The Morgan fingerprint density at radius 2 is 1.96 bits per heavy atom. The third kappa shape index (κ3) is 3.11. The van der Waals surface area contributed by atoms with Crippen molar-refractivity contribution in [3.63, 3.8) is 0 Å². The average molecular weight is 378 g/mol. The number of halogens is 2. The fourth-order valence-electron chi connectivity index (χ4n) is 2.53. The van der Waals surface area contributed by atoms with Crippen LogP contribution in [0.15, 0.2) is 47.8 Å². The molecule has 0 unspecified atom stereocenters. The fourth-order valence-corrected chi connectivity index (χ4v) is 3.87. The van der Waals surface area contributed by atoms with Crippen LogP contribution in [0.1, 0.15) is 11.3 Å². The van der Waals surface area contributed by atoms with Crippen molar-refractivity contribution >= 4 is 10.0 Å². The Kier molecular flexibility index (Phi) is 4.84. The second kappa shape index (κ2) is 6.93. The first-order valence-electron chi connectivity index (χ1n) is 7.69. The summed E-state index contributed by atoms with van der Waals surface area (Å²) >= 11 is 0. The van der Waals surface area contributed by atoms with Gasteiger partial charge in [-0.05, 0) is 38.2 Å². The molecule has 3 aromatic rings. The van der Waals surface area contributed by atoms with Crippen molar-refractivity contribution < 1.29 is 17.2 Å². The molecule has 26 heavy (non-hydrogen) atoms. The number of rotatable bonds is 5. The minimum absolute atomic E-state index is 0.0788. The minimum Gasteiger partial charge on any atom is -0.316 e. The predicted octanol–water partition coefficient (Wildman–Crippen LogP) is 2.49. The van der Waals surface area contributed by atoms with E-state index in [4.69, 9.17) is 0 Å². The molecule has 6 nitrogen and oxygen atoms in total. The van der Waals surface area contributed by atoms with Crippen LogP contribution in [0.2, 0.25) is 0 Å².